The average Bonchev–Trinajstić information content (AvgIpc) is 2.89. The zero-order valence-corrected chi connectivity index (χ0v) is 15.2. The first-order valence-corrected chi connectivity index (χ1v) is 8.14. The number of quaternary nitrogens is 1. The number of ether oxygens (including phenoxy) is 1. The van der Waals surface area contributed by atoms with E-state index in [9.17, 15) is 14.0 Å². The van der Waals surface area contributed by atoms with E-state index in [2.05, 4.69) is 4.98 Å². The van der Waals surface area contributed by atoms with Crippen molar-refractivity contribution in [1.29, 1.82) is 0 Å². The third-order valence-electron chi connectivity index (χ3n) is 4.60. The molecule has 0 spiro atoms. The Balaban J connectivity index is 2.19. The summed E-state index contributed by atoms with van der Waals surface area (Å²) in [5, 5.41) is 0. The molecule has 0 radical (unpaired) electrons. The number of methoxy groups -OCH3 is 1. The van der Waals surface area contributed by atoms with Crippen molar-refractivity contribution in [2.45, 2.75) is 33.4 Å². The van der Waals surface area contributed by atoms with E-state index in [0.717, 1.165) is 10.5 Å². The number of halogens is 1. The van der Waals surface area contributed by atoms with Gasteiger partial charge in [-0.05, 0) is 38.5 Å². The second kappa shape index (κ2) is 7.61. The van der Waals surface area contributed by atoms with Gasteiger partial charge in [-0.15, -0.1) is 0 Å². The molecular formula is C19H24FN2O3+. The summed E-state index contributed by atoms with van der Waals surface area (Å²) in [6.45, 7) is 5.92. The van der Waals surface area contributed by atoms with Crippen molar-refractivity contribution in [2.75, 3.05) is 14.2 Å². The van der Waals surface area contributed by atoms with Crippen LogP contribution in [0.4, 0.5) is 4.39 Å². The smallest absolute Gasteiger partial charge is 0.339 e. The highest BCUT2D eigenvalue weighted by Gasteiger charge is 2.29. The number of hydrogen-bond acceptors (Lipinski definition) is 3. The van der Waals surface area contributed by atoms with Gasteiger partial charge < -0.3 is 14.6 Å². The third kappa shape index (κ3) is 3.96. The highest BCUT2D eigenvalue weighted by Crippen LogP contribution is 2.19. The average molecular weight is 347 g/mol. The molecule has 0 aliphatic carbocycles. The fourth-order valence-corrected chi connectivity index (χ4v) is 2.92. The van der Waals surface area contributed by atoms with Crippen molar-refractivity contribution in [3.63, 3.8) is 0 Å². The maximum absolute atomic E-state index is 13.0. The SMILES string of the molecule is COC(=O)c1c(C)[nH]c(C(=O)[C@@H](C)[NH+](C)Cc2ccc(F)cc2)c1C. The van der Waals surface area contributed by atoms with Crippen LogP contribution in [0.3, 0.4) is 0 Å². The molecule has 0 aliphatic rings. The Bertz CT molecular complexity index is 781. The van der Waals surface area contributed by atoms with Crippen molar-refractivity contribution in [1.82, 2.24) is 4.98 Å². The molecule has 1 aromatic carbocycles. The number of carbonyl (C=O) groups is 2. The number of rotatable bonds is 6. The zero-order valence-electron chi connectivity index (χ0n) is 15.2. The number of carbonyl (C=O) groups excluding carboxylic acids is 2. The van der Waals surface area contributed by atoms with Crippen LogP contribution < -0.4 is 4.90 Å². The summed E-state index contributed by atoms with van der Waals surface area (Å²) in [4.78, 5) is 28.7. The quantitative estimate of drug-likeness (QED) is 0.619. The van der Waals surface area contributed by atoms with Gasteiger partial charge in [0.05, 0.1) is 25.4 Å². The van der Waals surface area contributed by atoms with Crippen molar-refractivity contribution in [3.05, 3.63) is 58.2 Å². The summed E-state index contributed by atoms with van der Waals surface area (Å²) in [5.74, 6) is -0.807. The number of benzene rings is 1. The van der Waals surface area contributed by atoms with Crippen LogP contribution in [0, 0.1) is 19.7 Å². The molecule has 0 saturated carbocycles. The first kappa shape index (κ1) is 18.9. The molecule has 0 aliphatic heterocycles. The van der Waals surface area contributed by atoms with Crippen LogP contribution >= 0.6 is 0 Å². The van der Waals surface area contributed by atoms with Crippen LogP contribution in [-0.2, 0) is 11.3 Å². The lowest BCUT2D eigenvalue weighted by Crippen LogP contribution is -3.12. The van der Waals surface area contributed by atoms with E-state index in [4.69, 9.17) is 4.74 Å². The lowest BCUT2D eigenvalue weighted by molar-refractivity contribution is -0.907. The standard InChI is InChI=1S/C19H23FN2O3/c1-11-16(19(24)25-5)12(2)21-17(11)18(23)13(3)22(4)10-14-6-8-15(20)9-7-14/h6-9,13,21H,10H2,1-5H3/p+1/t13-/m1/s1. The van der Waals surface area contributed by atoms with Crippen LogP contribution in [-0.4, -0.2) is 36.9 Å². The number of H-pyrrole nitrogens is 1. The molecule has 6 heteroatoms. The van der Waals surface area contributed by atoms with E-state index in [1.165, 1.54) is 19.2 Å². The Morgan fingerprint density at radius 3 is 2.40 bits per heavy atom. The summed E-state index contributed by atoms with van der Waals surface area (Å²) in [7, 11) is 3.23. The van der Waals surface area contributed by atoms with Crippen molar-refractivity contribution in [2.24, 2.45) is 0 Å². The zero-order chi connectivity index (χ0) is 18.7. The Morgan fingerprint density at radius 1 is 1.24 bits per heavy atom. The van der Waals surface area contributed by atoms with Gasteiger partial charge in [-0.3, -0.25) is 4.79 Å². The Labute approximate surface area is 146 Å². The lowest BCUT2D eigenvalue weighted by atomic mass is 10.0. The second-order valence-electron chi connectivity index (χ2n) is 6.35. The summed E-state index contributed by atoms with van der Waals surface area (Å²) in [6, 6.07) is 5.93. The predicted octanol–water partition coefficient (Wildman–Crippen LogP) is 1.84. The Hall–Kier alpha value is -2.47. The van der Waals surface area contributed by atoms with E-state index in [1.54, 1.807) is 26.0 Å². The van der Waals surface area contributed by atoms with Crippen LogP contribution in [0.25, 0.3) is 0 Å². The number of hydrogen-bond donors (Lipinski definition) is 2. The minimum absolute atomic E-state index is 0.0737. The van der Waals surface area contributed by atoms with Crippen LogP contribution in [0.1, 0.15) is 44.6 Å². The molecule has 2 rings (SSSR count). The van der Waals surface area contributed by atoms with Gasteiger partial charge in [0.15, 0.2) is 6.04 Å². The molecule has 0 saturated heterocycles. The number of likely N-dealkylation sites (N-methyl/N-ethyl adjacent to an activating group) is 1. The molecule has 25 heavy (non-hydrogen) atoms. The highest BCUT2D eigenvalue weighted by atomic mass is 19.1. The van der Waals surface area contributed by atoms with Gasteiger partial charge in [0.2, 0.25) is 5.78 Å². The summed E-state index contributed by atoms with van der Waals surface area (Å²) < 4.78 is 17.8. The summed E-state index contributed by atoms with van der Waals surface area (Å²) in [6.07, 6.45) is 0. The normalized spacial score (nSPS) is 13.4. The van der Waals surface area contributed by atoms with Gasteiger partial charge in [0, 0.05) is 11.3 Å². The molecule has 0 bridgehead atoms. The molecule has 2 atom stereocenters. The van der Waals surface area contributed by atoms with Gasteiger partial charge in [-0.25, -0.2) is 9.18 Å². The molecule has 1 heterocycles. The summed E-state index contributed by atoms with van der Waals surface area (Å²) in [5.41, 5.74) is 3.03. The van der Waals surface area contributed by atoms with E-state index < -0.39 is 5.97 Å². The number of nitrogens with one attached hydrogen (secondary N) is 2. The molecular weight excluding hydrogens is 323 g/mol. The van der Waals surface area contributed by atoms with Gasteiger partial charge in [-0.1, -0.05) is 12.1 Å². The van der Waals surface area contributed by atoms with Crippen LogP contribution in [0.2, 0.25) is 0 Å². The number of Topliss-reactive ketones (excluding diaryl/α,β-unsaturated/α-hetero) is 1. The van der Waals surface area contributed by atoms with Gasteiger partial charge in [0.1, 0.15) is 12.4 Å². The lowest BCUT2D eigenvalue weighted by Gasteiger charge is -2.20. The van der Waals surface area contributed by atoms with E-state index in [1.807, 2.05) is 14.0 Å². The first-order chi connectivity index (χ1) is 11.8. The predicted molar refractivity (Wildman–Crippen MR) is 92.4 cm³/mol. The first-order valence-electron chi connectivity index (χ1n) is 8.14. The fourth-order valence-electron chi connectivity index (χ4n) is 2.92. The number of aryl methyl sites for hydroxylation is 1. The summed E-state index contributed by atoms with van der Waals surface area (Å²) >= 11 is 0. The molecule has 5 nitrogen and oxygen atoms in total. The van der Waals surface area contributed by atoms with Gasteiger partial charge in [0.25, 0.3) is 0 Å². The number of esters is 1. The molecule has 2 aromatic rings. The number of ketones is 1. The maximum Gasteiger partial charge on any atom is 0.339 e. The molecule has 0 amide bonds. The van der Waals surface area contributed by atoms with Gasteiger partial charge in [-0.2, -0.15) is 0 Å². The number of aromatic nitrogens is 1. The third-order valence-corrected chi connectivity index (χ3v) is 4.60. The fraction of sp³-hybridized carbons (Fsp3) is 0.368. The van der Waals surface area contributed by atoms with E-state index in [0.29, 0.717) is 29.1 Å². The highest BCUT2D eigenvalue weighted by molar-refractivity contribution is 6.03. The van der Waals surface area contributed by atoms with Crippen molar-refractivity contribution in [3.8, 4) is 0 Å². The van der Waals surface area contributed by atoms with Gasteiger partial charge >= 0.3 is 5.97 Å². The van der Waals surface area contributed by atoms with Crippen LogP contribution in [0.5, 0.6) is 0 Å². The second-order valence-corrected chi connectivity index (χ2v) is 6.35. The van der Waals surface area contributed by atoms with E-state index in [-0.39, 0.29) is 17.6 Å². The molecule has 2 N–H and O–H groups in total. The molecule has 1 unspecified atom stereocenters. The Morgan fingerprint density at radius 2 is 1.84 bits per heavy atom. The topological polar surface area (TPSA) is 63.6 Å². The maximum atomic E-state index is 13.0. The van der Waals surface area contributed by atoms with E-state index >= 15 is 0 Å². The Kier molecular flexibility index (Phi) is 5.74. The van der Waals surface area contributed by atoms with Crippen LogP contribution in [0.15, 0.2) is 24.3 Å². The molecule has 134 valence electrons. The minimum atomic E-state index is -0.454. The van der Waals surface area contributed by atoms with Crippen molar-refractivity contribution < 1.29 is 23.6 Å². The monoisotopic (exact) mass is 347 g/mol. The largest absolute Gasteiger partial charge is 0.465 e. The molecule has 0 fully saturated rings. The minimum Gasteiger partial charge on any atom is -0.465 e. The van der Waals surface area contributed by atoms with Crippen molar-refractivity contribution >= 4 is 11.8 Å². The molecule has 1 aromatic heterocycles. The number of aromatic amines is 1.